The van der Waals surface area contributed by atoms with E-state index in [4.69, 9.17) is 9.47 Å². The van der Waals surface area contributed by atoms with Crippen LogP contribution in [0.3, 0.4) is 0 Å². The molecule has 0 spiro atoms. The fourth-order valence-corrected chi connectivity index (χ4v) is 3.30. The lowest BCUT2D eigenvalue weighted by molar-refractivity contribution is -0.135. The summed E-state index contributed by atoms with van der Waals surface area (Å²) in [6.07, 6.45) is 2.31. The van der Waals surface area contributed by atoms with Gasteiger partial charge in [0.1, 0.15) is 18.0 Å². The van der Waals surface area contributed by atoms with Crippen molar-refractivity contribution in [2.24, 2.45) is 0 Å². The summed E-state index contributed by atoms with van der Waals surface area (Å²) in [6, 6.07) is 7.70. The van der Waals surface area contributed by atoms with Gasteiger partial charge in [-0.2, -0.15) is 0 Å². The molecule has 1 unspecified atom stereocenters. The Balaban J connectivity index is 1.57. The van der Waals surface area contributed by atoms with E-state index in [1.165, 1.54) is 0 Å². The zero-order chi connectivity index (χ0) is 17.7. The largest absolute Gasteiger partial charge is 0.490 e. The number of aliphatic hydroxyl groups is 1. The number of hydrogen-bond acceptors (Lipinski definition) is 5. The van der Waals surface area contributed by atoms with E-state index in [-0.39, 0.29) is 25.7 Å². The van der Waals surface area contributed by atoms with Crippen molar-refractivity contribution in [3.63, 3.8) is 0 Å². The third kappa shape index (κ3) is 5.17. The van der Waals surface area contributed by atoms with E-state index >= 15 is 0 Å². The normalized spacial score (nSPS) is 25.0. The van der Waals surface area contributed by atoms with Crippen molar-refractivity contribution in [1.82, 2.24) is 9.80 Å². The summed E-state index contributed by atoms with van der Waals surface area (Å²) in [5, 5.41) is 10.9. The molecule has 1 amide bonds. The van der Waals surface area contributed by atoms with Gasteiger partial charge in [-0.3, -0.25) is 9.69 Å². The first-order valence-corrected chi connectivity index (χ1v) is 9.04. The highest BCUT2D eigenvalue weighted by Crippen LogP contribution is 2.18. The van der Waals surface area contributed by atoms with Crippen LogP contribution in [0.4, 0.5) is 0 Å². The Morgan fingerprint density at radius 2 is 1.96 bits per heavy atom. The van der Waals surface area contributed by atoms with Gasteiger partial charge in [-0.15, -0.1) is 0 Å². The van der Waals surface area contributed by atoms with Gasteiger partial charge in [-0.1, -0.05) is 17.7 Å². The minimum Gasteiger partial charge on any atom is -0.490 e. The third-order valence-electron chi connectivity index (χ3n) is 4.80. The van der Waals surface area contributed by atoms with Gasteiger partial charge >= 0.3 is 0 Å². The van der Waals surface area contributed by atoms with Crippen LogP contribution in [-0.4, -0.2) is 79.0 Å². The van der Waals surface area contributed by atoms with Gasteiger partial charge in [0, 0.05) is 6.54 Å². The van der Waals surface area contributed by atoms with Gasteiger partial charge in [0.05, 0.1) is 26.3 Å². The molecular weight excluding hydrogens is 320 g/mol. The number of amides is 1. The standard InChI is InChI=1S/C19H28N2O4/c1-16-4-6-17(7-5-16)25-15-19(23)13-21(10-11-24-14-19)18(22)12-20-8-2-3-9-20/h4-7,23H,2-3,8-15H2,1H3. The molecule has 2 aliphatic heterocycles. The number of β-amino-alcohol motifs (C(OH)–C–C–N with tert-alkyl or cyclic N) is 1. The molecule has 2 heterocycles. The number of benzene rings is 1. The van der Waals surface area contributed by atoms with Crippen LogP contribution in [0.2, 0.25) is 0 Å². The van der Waals surface area contributed by atoms with Crippen molar-refractivity contribution in [2.45, 2.75) is 25.4 Å². The summed E-state index contributed by atoms with van der Waals surface area (Å²) in [5.74, 6) is 0.763. The highest BCUT2D eigenvalue weighted by Gasteiger charge is 2.35. The topological polar surface area (TPSA) is 62.2 Å². The second kappa shape index (κ2) is 8.17. The second-order valence-electron chi connectivity index (χ2n) is 7.18. The first-order chi connectivity index (χ1) is 12.0. The van der Waals surface area contributed by atoms with E-state index in [1.807, 2.05) is 31.2 Å². The monoisotopic (exact) mass is 348 g/mol. The third-order valence-corrected chi connectivity index (χ3v) is 4.80. The first-order valence-electron chi connectivity index (χ1n) is 9.04. The van der Waals surface area contributed by atoms with Gasteiger partial charge in [0.2, 0.25) is 5.91 Å². The number of rotatable bonds is 5. The molecule has 2 aliphatic rings. The molecule has 0 aromatic heterocycles. The summed E-state index contributed by atoms with van der Waals surface area (Å²) in [5.41, 5.74) is -0.0373. The molecule has 1 aromatic rings. The Morgan fingerprint density at radius 1 is 1.24 bits per heavy atom. The van der Waals surface area contributed by atoms with E-state index < -0.39 is 5.60 Å². The number of nitrogens with zero attached hydrogens (tertiary/aromatic N) is 2. The Morgan fingerprint density at radius 3 is 2.68 bits per heavy atom. The number of carbonyl (C=O) groups is 1. The predicted octanol–water partition coefficient (Wildman–Crippen LogP) is 1.06. The average Bonchev–Trinajstić information content (AvgIpc) is 3.02. The molecule has 6 heteroatoms. The van der Waals surface area contributed by atoms with E-state index in [1.54, 1.807) is 4.90 Å². The highest BCUT2D eigenvalue weighted by atomic mass is 16.5. The molecule has 1 N–H and O–H groups in total. The van der Waals surface area contributed by atoms with E-state index in [9.17, 15) is 9.90 Å². The summed E-state index contributed by atoms with van der Waals surface area (Å²) < 4.78 is 11.3. The quantitative estimate of drug-likeness (QED) is 0.862. The number of ether oxygens (including phenoxy) is 2. The molecule has 2 saturated heterocycles. The molecule has 0 radical (unpaired) electrons. The maximum absolute atomic E-state index is 12.6. The molecule has 1 aromatic carbocycles. The molecule has 3 rings (SSSR count). The molecule has 6 nitrogen and oxygen atoms in total. The maximum Gasteiger partial charge on any atom is 0.236 e. The Hall–Kier alpha value is -1.63. The van der Waals surface area contributed by atoms with E-state index in [2.05, 4.69) is 4.90 Å². The average molecular weight is 348 g/mol. The van der Waals surface area contributed by atoms with Crippen molar-refractivity contribution < 1.29 is 19.4 Å². The van der Waals surface area contributed by atoms with Crippen LogP contribution in [-0.2, 0) is 9.53 Å². The van der Waals surface area contributed by atoms with Crippen LogP contribution in [0.5, 0.6) is 5.75 Å². The molecule has 0 aliphatic carbocycles. The van der Waals surface area contributed by atoms with Gasteiger partial charge < -0.3 is 19.5 Å². The van der Waals surface area contributed by atoms with Crippen LogP contribution in [0, 0.1) is 6.92 Å². The zero-order valence-electron chi connectivity index (χ0n) is 14.9. The van der Waals surface area contributed by atoms with Crippen molar-refractivity contribution in [1.29, 1.82) is 0 Å². The first kappa shape index (κ1) is 18.2. The van der Waals surface area contributed by atoms with Crippen LogP contribution in [0.15, 0.2) is 24.3 Å². The Bertz CT molecular complexity index is 571. The van der Waals surface area contributed by atoms with Gasteiger partial charge in [0.25, 0.3) is 0 Å². The summed E-state index contributed by atoms with van der Waals surface area (Å²) in [7, 11) is 0. The summed E-state index contributed by atoms with van der Waals surface area (Å²) in [4.78, 5) is 16.5. The molecule has 138 valence electrons. The number of aryl methyl sites for hydroxylation is 1. The van der Waals surface area contributed by atoms with E-state index in [0.29, 0.717) is 25.4 Å². The van der Waals surface area contributed by atoms with Crippen molar-refractivity contribution >= 4 is 5.91 Å². The molecule has 1 atom stereocenters. The minimum atomic E-state index is -1.19. The minimum absolute atomic E-state index is 0.0566. The predicted molar refractivity (Wildman–Crippen MR) is 94.7 cm³/mol. The Labute approximate surface area is 149 Å². The number of hydrogen-bond donors (Lipinski definition) is 1. The zero-order valence-corrected chi connectivity index (χ0v) is 14.9. The maximum atomic E-state index is 12.6. The lowest BCUT2D eigenvalue weighted by atomic mass is 10.1. The fourth-order valence-electron chi connectivity index (χ4n) is 3.30. The summed E-state index contributed by atoms with van der Waals surface area (Å²) >= 11 is 0. The van der Waals surface area contributed by atoms with Gasteiger partial charge in [-0.25, -0.2) is 0 Å². The molecule has 0 bridgehead atoms. The lowest BCUT2D eigenvalue weighted by Gasteiger charge is -2.31. The number of carbonyl (C=O) groups excluding carboxylic acids is 1. The van der Waals surface area contributed by atoms with Crippen LogP contribution in [0.25, 0.3) is 0 Å². The SMILES string of the molecule is Cc1ccc(OCC2(O)COCCN(C(=O)CN3CCCC3)C2)cc1. The van der Waals surface area contributed by atoms with Gasteiger partial charge in [0.15, 0.2) is 0 Å². The van der Waals surface area contributed by atoms with Crippen LogP contribution < -0.4 is 4.74 Å². The molecule has 2 fully saturated rings. The highest BCUT2D eigenvalue weighted by molar-refractivity contribution is 5.78. The smallest absolute Gasteiger partial charge is 0.236 e. The van der Waals surface area contributed by atoms with Crippen molar-refractivity contribution in [3.8, 4) is 5.75 Å². The van der Waals surface area contributed by atoms with Crippen molar-refractivity contribution in [3.05, 3.63) is 29.8 Å². The lowest BCUT2D eigenvalue weighted by Crippen LogP contribution is -2.51. The number of likely N-dealkylation sites (tertiary alicyclic amines) is 1. The Kier molecular flexibility index (Phi) is 5.93. The second-order valence-corrected chi connectivity index (χ2v) is 7.18. The molecular formula is C19H28N2O4. The fraction of sp³-hybridized carbons (Fsp3) is 0.632. The van der Waals surface area contributed by atoms with Crippen molar-refractivity contribution in [2.75, 3.05) is 52.5 Å². The van der Waals surface area contributed by atoms with E-state index in [0.717, 1.165) is 31.5 Å². The molecule has 0 saturated carbocycles. The molecule has 25 heavy (non-hydrogen) atoms. The van der Waals surface area contributed by atoms with Crippen LogP contribution >= 0.6 is 0 Å². The van der Waals surface area contributed by atoms with Gasteiger partial charge in [-0.05, 0) is 45.0 Å². The van der Waals surface area contributed by atoms with Crippen LogP contribution in [0.1, 0.15) is 18.4 Å². The summed E-state index contributed by atoms with van der Waals surface area (Å²) in [6.45, 7) is 5.88.